The number of amides is 1. The molecule has 1 fully saturated rings. The summed E-state index contributed by atoms with van der Waals surface area (Å²) < 4.78 is 41.7. The molecule has 0 unspecified atom stereocenters. The number of alkyl halides is 3. The monoisotopic (exact) mass is 421 g/mol. The van der Waals surface area contributed by atoms with Gasteiger partial charge in [-0.2, -0.15) is 13.2 Å². The van der Waals surface area contributed by atoms with Crippen molar-refractivity contribution >= 4 is 11.7 Å². The van der Waals surface area contributed by atoms with Gasteiger partial charge in [0.05, 0.1) is 11.1 Å². The Morgan fingerprint density at radius 1 is 1.10 bits per heavy atom. The van der Waals surface area contributed by atoms with E-state index < -0.39 is 17.4 Å². The largest absolute Gasteiger partial charge is 0.431 e. The van der Waals surface area contributed by atoms with Crippen molar-refractivity contribution in [1.82, 2.24) is 19.4 Å². The molecule has 0 radical (unpaired) electrons. The van der Waals surface area contributed by atoms with Crippen LogP contribution in [-0.2, 0) is 18.3 Å². The van der Waals surface area contributed by atoms with E-state index in [1.165, 1.54) is 10.6 Å². The lowest BCUT2D eigenvalue weighted by Crippen LogP contribution is -2.56. The number of hydrogen-bond donors (Lipinski definition) is 0. The van der Waals surface area contributed by atoms with Gasteiger partial charge < -0.3 is 14.4 Å². The van der Waals surface area contributed by atoms with Crippen LogP contribution in [0.3, 0.4) is 0 Å². The van der Waals surface area contributed by atoms with Crippen LogP contribution in [0.15, 0.2) is 30.5 Å². The third-order valence-electron chi connectivity index (χ3n) is 6.46. The van der Waals surface area contributed by atoms with E-state index >= 15 is 0 Å². The molecule has 0 atom stereocenters. The Kier molecular flexibility index (Phi) is 5.04. The minimum Gasteiger partial charge on any atom is -0.362 e. The molecule has 1 saturated heterocycles. The van der Waals surface area contributed by atoms with Crippen molar-refractivity contribution in [3.8, 4) is 0 Å². The van der Waals surface area contributed by atoms with Crippen molar-refractivity contribution in [2.24, 2.45) is 0 Å². The Morgan fingerprint density at radius 3 is 2.43 bits per heavy atom. The molecule has 0 aromatic carbocycles. The molecule has 0 bridgehead atoms. The Labute approximate surface area is 173 Å². The quantitative estimate of drug-likeness (QED) is 0.748. The number of piperidine rings is 1. The number of likely N-dealkylation sites (tertiary alicyclic amines) is 1. The van der Waals surface area contributed by atoms with Gasteiger partial charge in [0.25, 0.3) is 5.91 Å². The summed E-state index contributed by atoms with van der Waals surface area (Å²) in [5.41, 5.74) is 0.163. The van der Waals surface area contributed by atoms with Crippen LogP contribution in [0.1, 0.15) is 34.6 Å². The second-order valence-electron chi connectivity index (χ2n) is 8.27. The van der Waals surface area contributed by atoms with E-state index in [-0.39, 0.29) is 5.91 Å². The molecule has 2 aliphatic rings. The third-order valence-corrected chi connectivity index (χ3v) is 6.46. The second-order valence-corrected chi connectivity index (χ2v) is 8.27. The highest BCUT2D eigenvalue weighted by molar-refractivity contribution is 5.98. The molecule has 9 heteroatoms. The van der Waals surface area contributed by atoms with Crippen molar-refractivity contribution in [2.45, 2.75) is 31.1 Å². The fourth-order valence-corrected chi connectivity index (χ4v) is 4.83. The number of fused-ring (bicyclic) bond motifs is 2. The minimum absolute atomic E-state index is 0.0912. The Morgan fingerprint density at radius 2 is 1.80 bits per heavy atom. The van der Waals surface area contributed by atoms with Gasteiger partial charge in [0.1, 0.15) is 11.5 Å². The molecule has 0 saturated carbocycles. The van der Waals surface area contributed by atoms with Crippen LogP contribution in [0, 0.1) is 0 Å². The average Bonchev–Trinajstić information content (AvgIpc) is 3.17. The first-order chi connectivity index (χ1) is 14.1. The summed E-state index contributed by atoms with van der Waals surface area (Å²) in [6, 6.07) is 6.31. The van der Waals surface area contributed by atoms with Gasteiger partial charge in [-0.15, -0.1) is 0 Å². The number of carbonyl (C=O) groups excluding carboxylic acids is 1. The number of carbonyl (C=O) groups is 1. The summed E-state index contributed by atoms with van der Waals surface area (Å²) >= 11 is 0. The lowest BCUT2D eigenvalue weighted by molar-refractivity contribution is -0.144. The first-order valence-corrected chi connectivity index (χ1v) is 10.1. The number of hydrogen-bond acceptors (Lipinski definition) is 4. The van der Waals surface area contributed by atoms with Gasteiger partial charge in [-0.3, -0.25) is 9.69 Å². The molecule has 4 rings (SSSR count). The van der Waals surface area contributed by atoms with Crippen molar-refractivity contribution in [3.05, 3.63) is 47.4 Å². The fourth-order valence-electron chi connectivity index (χ4n) is 4.83. The van der Waals surface area contributed by atoms with Crippen LogP contribution >= 0.6 is 0 Å². The van der Waals surface area contributed by atoms with Gasteiger partial charge in [0.15, 0.2) is 0 Å². The van der Waals surface area contributed by atoms with Crippen molar-refractivity contribution in [3.63, 3.8) is 0 Å². The summed E-state index contributed by atoms with van der Waals surface area (Å²) in [4.78, 5) is 23.2. The van der Waals surface area contributed by atoms with E-state index in [1.807, 2.05) is 21.1 Å². The van der Waals surface area contributed by atoms with Gasteiger partial charge in [0.2, 0.25) is 0 Å². The van der Waals surface area contributed by atoms with Gasteiger partial charge in [-0.1, -0.05) is 0 Å². The molecule has 1 amide bonds. The summed E-state index contributed by atoms with van der Waals surface area (Å²) in [6.07, 6.45) is -1.53. The highest BCUT2D eigenvalue weighted by Gasteiger charge is 2.47. The number of rotatable bonds is 2. The predicted molar refractivity (Wildman–Crippen MR) is 107 cm³/mol. The molecule has 0 N–H and O–H groups in total. The SMILES string of the molecule is CN(C)c1ncccc1C(=O)N1CCC2(CC1)c1ccc(C(F)(F)F)n1CCN2C. The number of likely N-dealkylation sites (N-methyl/N-ethyl adjacent to an activating group) is 1. The highest BCUT2D eigenvalue weighted by atomic mass is 19.4. The summed E-state index contributed by atoms with van der Waals surface area (Å²) in [7, 11) is 5.65. The van der Waals surface area contributed by atoms with Crippen molar-refractivity contribution in [2.75, 3.05) is 45.7 Å². The van der Waals surface area contributed by atoms with Crippen LogP contribution in [-0.4, -0.2) is 66.0 Å². The van der Waals surface area contributed by atoms with Crippen LogP contribution in [0.2, 0.25) is 0 Å². The van der Waals surface area contributed by atoms with E-state index in [0.29, 0.717) is 56.1 Å². The Bertz CT molecular complexity index is 944. The van der Waals surface area contributed by atoms with E-state index in [4.69, 9.17) is 0 Å². The topological polar surface area (TPSA) is 44.6 Å². The maximum absolute atomic E-state index is 13.4. The van der Waals surface area contributed by atoms with E-state index in [1.54, 1.807) is 34.2 Å². The smallest absolute Gasteiger partial charge is 0.362 e. The molecule has 2 aromatic heterocycles. The van der Waals surface area contributed by atoms with Crippen molar-refractivity contribution < 1.29 is 18.0 Å². The number of pyridine rings is 1. The first-order valence-electron chi connectivity index (χ1n) is 10.1. The lowest BCUT2D eigenvalue weighted by atomic mass is 9.81. The maximum atomic E-state index is 13.4. The molecule has 2 aromatic rings. The van der Waals surface area contributed by atoms with Crippen LogP contribution < -0.4 is 4.90 Å². The van der Waals surface area contributed by atoms with Crippen molar-refractivity contribution in [1.29, 1.82) is 0 Å². The highest BCUT2D eigenvalue weighted by Crippen LogP contribution is 2.44. The third kappa shape index (κ3) is 3.25. The van der Waals surface area contributed by atoms with Gasteiger partial charge in [0, 0.05) is 52.2 Å². The summed E-state index contributed by atoms with van der Waals surface area (Å²) in [5, 5.41) is 0. The number of nitrogens with zero attached hydrogens (tertiary/aromatic N) is 5. The molecule has 0 aliphatic carbocycles. The molecule has 2 aliphatic heterocycles. The minimum atomic E-state index is -4.37. The molecule has 4 heterocycles. The average molecular weight is 421 g/mol. The Balaban J connectivity index is 1.59. The molecule has 1 spiro atoms. The number of anilines is 1. The van der Waals surface area contributed by atoms with E-state index in [0.717, 1.165) is 0 Å². The van der Waals surface area contributed by atoms with Crippen LogP contribution in [0.5, 0.6) is 0 Å². The lowest BCUT2D eigenvalue weighted by Gasteiger charge is -2.50. The normalized spacial score (nSPS) is 19.1. The zero-order valence-electron chi connectivity index (χ0n) is 17.4. The number of halogens is 3. The van der Waals surface area contributed by atoms with Gasteiger partial charge in [-0.05, 0) is 44.2 Å². The zero-order valence-corrected chi connectivity index (χ0v) is 17.4. The predicted octanol–water partition coefficient (Wildman–Crippen LogP) is 3.04. The zero-order chi connectivity index (χ0) is 21.7. The first kappa shape index (κ1) is 20.7. The molecular formula is C21H26F3N5O. The molecule has 6 nitrogen and oxygen atoms in total. The molecular weight excluding hydrogens is 395 g/mol. The summed E-state index contributed by atoms with van der Waals surface area (Å²) in [5.74, 6) is 0.521. The fraction of sp³-hybridized carbons (Fsp3) is 0.524. The van der Waals surface area contributed by atoms with E-state index in [9.17, 15) is 18.0 Å². The van der Waals surface area contributed by atoms with Crippen LogP contribution in [0.4, 0.5) is 19.0 Å². The second kappa shape index (κ2) is 7.30. The molecule has 30 heavy (non-hydrogen) atoms. The van der Waals surface area contributed by atoms with Crippen LogP contribution in [0.25, 0.3) is 0 Å². The van der Waals surface area contributed by atoms with Gasteiger partial charge >= 0.3 is 6.18 Å². The number of aromatic nitrogens is 2. The van der Waals surface area contributed by atoms with E-state index in [2.05, 4.69) is 9.88 Å². The summed E-state index contributed by atoms with van der Waals surface area (Å²) in [6.45, 7) is 1.83. The standard InChI is InChI=1S/C21H26F3N5O/c1-26(2)18-15(5-4-10-25-18)19(30)28-11-8-20(9-12-28)16-6-7-17(21(22,23)24)29(16)14-13-27(20)3/h4-7,10H,8-9,11-14H2,1-3H3. The van der Waals surface area contributed by atoms with Gasteiger partial charge in [-0.25, -0.2) is 4.98 Å². The maximum Gasteiger partial charge on any atom is 0.431 e. The molecule has 162 valence electrons. The Hall–Kier alpha value is -2.55.